The summed E-state index contributed by atoms with van der Waals surface area (Å²) in [5, 5.41) is 5.12. The molecular formula is C14H19ClN2OS. The third-order valence-corrected chi connectivity index (χ3v) is 4.52. The van der Waals surface area contributed by atoms with Crippen LogP contribution in [0.15, 0.2) is 16.7 Å². The van der Waals surface area contributed by atoms with E-state index in [4.69, 9.17) is 16.0 Å². The van der Waals surface area contributed by atoms with Crippen LogP contribution < -0.4 is 5.32 Å². The number of nitrogens with one attached hydrogen (secondary N) is 1. The number of hydrogen-bond acceptors (Lipinski definition) is 4. The number of rotatable bonds is 6. The fourth-order valence-corrected chi connectivity index (χ4v) is 3.19. The summed E-state index contributed by atoms with van der Waals surface area (Å²) in [6, 6.07) is 2.10. The second-order valence-corrected chi connectivity index (χ2v) is 6.24. The molecule has 0 fully saturated rings. The molecule has 2 aromatic heterocycles. The summed E-state index contributed by atoms with van der Waals surface area (Å²) >= 11 is 7.85. The van der Waals surface area contributed by atoms with Crippen LogP contribution in [0.25, 0.3) is 0 Å². The van der Waals surface area contributed by atoms with E-state index in [0.717, 1.165) is 35.7 Å². The van der Waals surface area contributed by atoms with Crippen LogP contribution in [-0.4, -0.2) is 11.5 Å². The van der Waals surface area contributed by atoms with E-state index in [1.54, 1.807) is 17.6 Å². The first-order valence-corrected chi connectivity index (χ1v) is 7.70. The molecule has 1 atom stereocenters. The fraction of sp³-hybridized carbons (Fsp3) is 0.500. The molecule has 5 heteroatoms. The minimum atomic E-state index is 0.163. The van der Waals surface area contributed by atoms with Gasteiger partial charge in [0.15, 0.2) is 5.22 Å². The lowest BCUT2D eigenvalue weighted by atomic mass is 10.1. The lowest BCUT2D eigenvalue weighted by Crippen LogP contribution is -2.24. The average Bonchev–Trinajstić information content (AvgIpc) is 2.92. The Kier molecular flexibility index (Phi) is 5.02. The minimum Gasteiger partial charge on any atom is -0.453 e. The highest BCUT2D eigenvalue weighted by molar-refractivity contribution is 7.11. The van der Waals surface area contributed by atoms with Crippen molar-refractivity contribution in [2.24, 2.45) is 0 Å². The normalized spacial score (nSPS) is 12.8. The van der Waals surface area contributed by atoms with E-state index in [1.807, 2.05) is 6.07 Å². The van der Waals surface area contributed by atoms with Gasteiger partial charge >= 0.3 is 0 Å². The molecular weight excluding hydrogens is 280 g/mol. The Morgan fingerprint density at radius 2 is 2.26 bits per heavy atom. The number of furan rings is 1. The van der Waals surface area contributed by atoms with E-state index >= 15 is 0 Å². The van der Waals surface area contributed by atoms with Crippen LogP contribution in [0.5, 0.6) is 0 Å². The van der Waals surface area contributed by atoms with Gasteiger partial charge in [-0.25, -0.2) is 4.98 Å². The van der Waals surface area contributed by atoms with Crippen molar-refractivity contribution >= 4 is 22.9 Å². The van der Waals surface area contributed by atoms with E-state index in [2.05, 4.69) is 31.1 Å². The number of thiazole rings is 1. The summed E-state index contributed by atoms with van der Waals surface area (Å²) in [6.45, 7) is 7.26. The Bertz CT molecular complexity index is 516. The lowest BCUT2D eigenvalue weighted by Gasteiger charge is -2.16. The van der Waals surface area contributed by atoms with Crippen LogP contribution in [0.3, 0.4) is 0 Å². The molecule has 0 aromatic carbocycles. The maximum absolute atomic E-state index is 6.09. The van der Waals surface area contributed by atoms with Gasteiger partial charge in [0.25, 0.3) is 0 Å². The van der Waals surface area contributed by atoms with Crippen LogP contribution in [0.2, 0.25) is 5.22 Å². The zero-order chi connectivity index (χ0) is 13.8. The molecule has 3 nitrogen and oxygen atoms in total. The third-order valence-electron chi connectivity index (χ3n) is 3.11. The summed E-state index contributed by atoms with van der Waals surface area (Å²) in [5.74, 6) is 0. The van der Waals surface area contributed by atoms with Gasteiger partial charge in [-0.15, -0.1) is 11.3 Å². The average molecular weight is 299 g/mol. The van der Waals surface area contributed by atoms with Crippen LogP contribution in [-0.2, 0) is 6.42 Å². The van der Waals surface area contributed by atoms with Crippen LogP contribution in [0.1, 0.15) is 40.5 Å². The SMILES string of the molecule is CCCNC(Cc1nc(C)c(C)s1)c1ccoc1Cl. The maximum atomic E-state index is 6.09. The maximum Gasteiger partial charge on any atom is 0.197 e. The summed E-state index contributed by atoms with van der Waals surface area (Å²) in [5.41, 5.74) is 2.13. The summed E-state index contributed by atoms with van der Waals surface area (Å²) in [7, 11) is 0. The first-order chi connectivity index (χ1) is 9.11. The predicted molar refractivity (Wildman–Crippen MR) is 80.0 cm³/mol. The zero-order valence-electron chi connectivity index (χ0n) is 11.5. The molecule has 1 N–H and O–H groups in total. The number of hydrogen-bond donors (Lipinski definition) is 1. The van der Waals surface area contributed by atoms with E-state index in [9.17, 15) is 0 Å². The number of aryl methyl sites for hydroxylation is 2. The van der Waals surface area contributed by atoms with Gasteiger partial charge in [0.2, 0.25) is 0 Å². The molecule has 0 amide bonds. The molecule has 0 aliphatic carbocycles. The highest BCUT2D eigenvalue weighted by atomic mass is 35.5. The molecule has 0 radical (unpaired) electrons. The Morgan fingerprint density at radius 1 is 1.47 bits per heavy atom. The topological polar surface area (TPSA) is 38.1 Å². The predicted octanol–water partition coefficient (Wildman–Crippen LogP) is 4.29. The van der Waals surface area contributed by atoms with Gasteiger partial charge < -0.3 is 9.73 Å². The van der Waals surface area contributed by atoms with Gasteiger partial charge in [-0.3, -0.25) is 0 Å². The van der Waals surface area contributed by atoms with Crippen LogP contribution >= 0.6 is 22.9 Å². The Balaban J connectivity index is 2.16. The molecule has 2 aromatic rings. The van der Waals surface area contributed by atoms with E-state index in [0.29, 0.717) is 5.22 Å². The van der Waals surface area contributed by atoms with Crippen LogP contribution in [0.4, 0.5) is 0 Å². The number of halogens is 1. The van der Waals surface area contributed by atoms with Crippen molar-refractivity contribution < 1.29 is 4.42 Å². The second kappa shape index (κ2) is 6.55. The van der Waals surface area contributed by atoms with Crippen LogP contribution in [0, 0.1) is 13.8 Å². The molecule has 0 saturated heterocycles. The summed E-state index contributed by atoms with van der Waals surface area (Å²) < 4.78 is 5.20. The minimum absolute atomic E-state index is 0.163. The quantitative estimate of drug-likeness (QED) is 0.864. The molecule has 0 aliphatic rings. The molecule has 2 rings (SSSR count). The summed E-state index contributed by atoms with van der Waals surface area (Å²) in [6.07, 6.45) is 3.57. The Hall–Kier alpha value is -0.840. The molecule has 1 unspecified atom stereocenters. The Labute approximate surface area is 123 Å². The Morgan fingerprint density at radius 3 is 2.79 bits per heavy atom. The highest BCUT2D eigenvalue weighted by Gasteiger charge is 2.19. The van der Waals surface area contributed by atoms with Gasteiger partial charge in [0, 0.05) is 22.9 Å². The van der Waals surface area contributed by atoms with Gasteiger partial charge in [-0.2, -0.15) is 0 Å². The van der Waals surface area contributed by atoms with Crippen molar-refractivity contribution in [1.29, 1.82) is 0 Å². The van der Waals surface area contributed by atoms with Gasteiger partial charge in [0.1, 0.15) is 0 Å². The smallest absolute Gasteiger partial charge is 0.197 e. The number of nitrogens with zero attached hydrogens (tertiary/aromatic N) is 1. The molecule has 0 bridgehead atoms. The van der Waals surface area contributed by atoms with Crippen molar-refractivity contribution in [1.82, 2.24) is 10.3 Å². The van der Waals surface area contributed by atoms with Crippen molar-refractivity contribution in [2.75, 3.05) is 6.54 Å². The van der Waals surface area contributed by atoms with Crippen molar-refractivity contribution in [2.45, 2.75) is 39.7 Å². The largest absolute Gasteiger partial charge is 0.453 e. The summed E-state index contributed by atoms with van der Waals surface area (Å²) in [4.78, 5) is 5.88. The van der Waals surface area contributed by atoms with Gasteiger partial charge in [0.05, 0.1) is 17.0 Å². The van der Waals surface area contributed by atoms with Gasteiger partial charge in [-0.1, -0.05) is 6.92 Å². The number of aromatic nitrogens is 1. The fourth-order valence-electron chi connectivity index (χ4n) is 1.97. The molecule has 104 valence electrons. The van der Waals surface area contributed by atoms with E-state index < -0.39 is 0 Å². The molecule has 2 heterocycles. The van der Waals surface area contributed by atoms with Crippen molar-refractivity contribution in [3.63, 3.8) is 0 Å². The lowest BCUT2D eigenvalue weighted by molar-refractivity contribution is 0.512. The van der Waals surface area contributed by atoms with Crippen molar-refractivity contribution in [3.05, 3.63) is 38.7 Å². The van der Waals surface area contributed by atoms with Gasteiger partial charge in [-0.05, 0) is 44.5 Å². The first-order valence-electron chi connectivity index (χ1n) is 6.51. The molecule has 0 saturated carbocycles. The van der Waals surface area contributed by atoms with Crippen molar-refractivity contribution in [3.8, 4) is 0 Å². The third kappa shape index (κ3) is 3.59. The first kappa shape index (κ1) is 14.6. The van der Waals surface area contributed by atoms with E-state index in [1.165, 1.54) is 4.88 Å². The molecule has 19 heavy (non-hydrogen) atoms. The monoisotopic (exact) mass is 298 g/mol. The highest BCUT2D eigenvalue weighted by Crippen LogP contribution is 2.28. The second-order valence-electron chi connectivity index (χ2n) is 4.61. The zero-order valence-corrected chi connectivity index (χ0v) is 13.1. The molecule has 0 spiro atoms. The standard InChI is InChI=1S/C14H19ClN2OS/c1-4-6-16-12(11-5-7-18-14(11)15)8-13-17-9(2)10(3)19-13/h5,7,12,16H,4,6,8H2,1-3H3. The van der Waals surface area contributed by atoms with E-state index in [-0.39, 0.29) is 6.04 Å². The molecule has 0 aliphatic heterocycles.